The molecule has 4 aromatic carbocycles. The second kappa shape index (κ2) is 22.0. The fourth-order valence-electron chi connectivity index (χ4n) is 7.49. The molecule has 0 unspecified atom stereocenters. The number of aryl methyl sites for hydroxylation is 2. The van der Waals surface area contributed by atoms with E-state index >= 15 is 0 Å². The third-order valence-corrected chi connectivity index (χ3v) is 14.6. The summed E-state index contributed by atoms with van der Waals surface area (Å²) in [6, 6.07) is 27.8. The molecule has 360 valence electrons. The monoisotopic (exact) mass is 996 g/mol. The number of piperazine rings is 1. The molecule has 3 aliphatic rings. The van der Waals surface area contributed by atoms with Crippen molar-refractivity contribution in [3.05, 3.63) is 148 Å². The van der Waals surface area contributed by atoms with Crippen molar-refractivity contribution in [2.75, 3.05) is 31.1 Å². The lowest BCUT2D eigenvalue weighted by molar-refractivity contribution is -0.155. The van der Waals surface area contributed by atoms with Gasteiger partial charge in [0.2, 0.25) is 11.1 Å². The maximum Gasteiger partial charge on any atom is 0.356 e. The summed E-state index contributed by atoms with van der Waals surface area (Å²) in [5.41, 5.74) is 10.0. The molecule has 2 fully saturated rings. The summed E-state index contributed by atoms with van der Waals surface area (Å²) in [5.74, 6) is -3.28. The van der Waals surface area contributed by atoms with E-state index in [1.807, 2.05) is 67.6 Å². The maximum absolute atomic E-state index is 14.4. The SMILES string of the molecule is CCN1CCN(C(=O)N[C@@H](C(=O)N[C@@H]2C(=O)N3C(C(=O)OC(c4ccccc4)c4ccccc4)=C(CSc4nnnn4C)CS[C@@H]23)c2ccc(CN)cc2)C(=O)C1=O.Cc1ccc(S(=O)(=O)O)cc1. The number of hydrogen-bond acceptors (Lipinski definition) is 15. The number of rotatable bonds is 14. The molecule has 20 nitrogen and oxygen atoms in total. The minimum atomic E-state index is -4.02. The minimum absolute atomic E-state index is 0.0616. The van der Waals surface area contributed by atoms with E-state index in [9.17, 15) is 37.2 Å². The van der Waals surface area contributed by atoms with E-state index in [0.717, 1.165) is 27.2 Å². The van der Waals surface area contributed by atoms with Crippen molar-refractivity contribution in [1.82, 2.24) is 45.5 Å². The van der Waals surface area contributed by atoms with Gasteiger partial charge in [0, 0.05) is 44.7 Å². The number of thioether (sulfide) groups is 2. The molecule has 5 aromatic rings. The fourth-order valence-corrected chi connectivity index (χ4v) is 10.3. The Morgan fingerprint density at radius 2 is 1.54 bits per heavy atom. The molecule has 2 saturated heterocycles. The molecule has 5 N–H and O–H groups in total. The number of nitrogens with one attached hydrogen (secondary N) is 2. The van der Waals surface area contributed by atoms with Crippen LogP contribution in [0.2, 0.25) is 0 Å². The highest BCUT2D eigenvalue weighted by Crippen LogP contribution is 2.43. The largest absolute Gasteiger partial charge is 0.448 e. The first-order chi connectivity index (χ1) is 33.1. The number of likely N-dealkylation sites (N-methyl/N-ethyl adjacent to an activating group) is 1. The van der Waals surface area contributed by atoms with Crippen molar-refractivity contribution in [2.45, 2.75) is 54.0 Å². The van der Waals surface area contributed by atoms with Gasteiger partial charge in [-0.15, -0.1) is 16.9 Å². The zero-order chi connectivity index (χ0) is 49.4. The summed E-state index contributed by atoms with van der Waals surface area (Å²) in [4.78, 5) is 85.1. The number of tetrazole rings is 1. The molecule has 23 heteroatoms. The highest BCUT2D eigenvalue weighted by atomic mass is 32.2. The van der Waals surface area contributed by atoms with Crippen LogP contribution in [0, 0.1) is 6.92 Å². The molecule has 0 spiro atoms. The number of nitrogens with two attached hydrogens (primary N) is 1. The summed E-state index contributed by atoms with van der Waals surface area (Å²) < 4.78 is 37.3. The molecule has 0 bridgehead atoms. The van der Waals surface area contributed by atoms with Crippen LogP contribution >= 0.6 is 23.5 Å². The van der Waals surface area contributed by atoms with Gasteiger partial charge in [0.25, 0.3) is 16.0 Å². The molecular weight excluding hydrogens is 949 g/mol. The van der Waals surface area contributed by atoms with Gasteiger partial charge in [0.1, 0.15) is 23.2 Å². The van der Waals surface area contributed by atoms with Gasteiger partial charge in [-0.05, 0) is 64.2 Å². The Bertz CT molecular complexity index is 2810. The molecule has 69 heavy (non-hydrogen) atoms. The number of urea groups is 1. The lowest BCUT2D eigenvalue weighted by Gasteiger charge is -2.50. The van der Waals surface area contributed by atoms with E-state index in [2.05, 4.69) is 26.2 Å². The van der Waals surface area contributed by atoms with E-state index in [-0.39, 0.29) is 36.0 Å². The summed E-state index contributed by atoms with van der Waals surface area (Å²) in [5, 5.41) is 16.8. The van der Waals surface area contributed by atoms with Crippen LogP contribution in [0.1, 0.15) is 46.9 Å². The fraction of sp³-hybridized carbons (Fsp3) is 0.283. The third kappa shape index (κ3) is 11.5. The highest BCUT2D eigenvalue weighted by molar-refractivity contribution is 8.01. The Kier molecular flexibility index (Phi) is 15.9. The standard InChI is InChI=1S/C39H40N10O7S2.C7H8O3S/c1-3-47-18-19-48(35(53)34(47)52)38(55)42-28(24-16-14-23(20-40)15-17-24)32(50)41-29-33(51)49-30(27(21-57-36(29)49)22-58-39-43-44-45-46(39)2)37(54)56-31(25-10-6-4-7-11-25)26-12-8-5-9-13-26;1-6-2-4-7(5-3-6)11(8,9)10/h4-17,28-29,31,36H,3,18-22,40H2,1-2H3,(H,41,50)(H,42,55);2-5H,1H3,(H,8,9,10)/t28-,29-,36+;/m1./s1. The van der Waals surface area contributed by atoms with Crippen LogP contribution in [-0.2, 0) is 52.4 Å². The average molecular weight is 997 g/mol. The van der Waals surface area contributed by atoms with Crippen molar-refractivity contribution < 1.29 is 46.5 Å². The number of esters is 1. The van der Waals surface area contributed by atoms with E-state index in [1.54, 1.807) is 50.4 Å². The normalized spacial score (nSPS) is 17.4. The molecule has 0 saturated carbocycles. The first-order valence-corrected chi connectivity index (χ1v) is 24.9. The zero-order valence-corrected chi connectivity index (χ0v) is 39.9. The van der Waals surface area contributed by atoms with Crippen molar-refractivity contribution in [3.63, 3.8) is 0 Å². The molecule has 0 radical (unpaired) electrons. The average Bonchev–Trinajstić information content (AvgIpc) is 3.78. The number of aromatic nitrogens is 4. The number of ether oxygens (including phenoxy) is 1. The van der Waals surface area contributed by atoms with Gasteiger partial charge in [-0.3, -0.25) is 33.5 Å². The van der Waals surface area contributed by atoms with Gasteiger partial charge in [-0.1, -0.05) is 114 Å². The molecule has 8 rings (SSSR count). The number of amides is 6. The van der Waals surface area contributed by atoms with Gasteiger partial charge in [0.15, 0.2) is 6.10 Å². The van der Waals surface area contributed by atoms with Crippen LogP contribution in [-0.4, -0.2) is 126 Å². The summed E-state index contributed by atoms with van der Waals surface area (Å²) in [6.45, 7) is 4.19. The first-order valence-electron chi connectivity index (χ1n) is 21.5. The van der Waals surface area contributed by atoms with Gasteiger partial charge in [0.05, 0.1) is 4.90 Å². The summed E-state index contributed by atoms with van der Waals surface area (Å²) in [7, 11) is -2.32. The second-order valence-corrected chi connectivity index (χ2v) is 19.3. The van der Waals surface area contributed by atoms with Crippen LogP contribution in [0.4, 0.5) is 4.79 Å². The van der Waals surface area contributed by atoms with Crippen molar-refractivity contribution in [1.29, 1.82) is 0 Å². The minimum Gasteiger partial charge on any atom is -0.448 e. The van der Waals surface area contributed by atoms with E-state index in [4.69, 9.17) is 15.0 Å². The number of β-lactam (4-membered cyclic amide) rings is 1. The van der Waals surface area contributed by atoms with Crippen molar-refractivity contribution in [3.8, 4) is 0 Å². The topological polar surface area (TPSA) is 269 Å². The predicted molar refractivity (Wildman–Crippen MR) is 253 cm³/mol. The van der Waals surface area contributed by atoms with Gasteiger partial charge >= 0.3 is 23.8 Å². The second-order valence-electron chi connectivity index (χ2n) is 15.8. The molecular formula is C46H48N10O10S3. The lowest BCUT2D eigenvalue weighted by atomic mass is 9.99. The van der Waals surface area contributed by atoms with Crippen LogP contribution in [0.5, 0.6) is 0 Å². The summed E-state index contributed by atoms with van der Waals surface area (Å²) >= 11 is 2.65. The molecule has 4 heterocycles. The van der Waals surface area contributed by atoms with Crippen molar-refractivity contribution in [2.24, 2.45) is 12.8 Å². The van der Waals surface area contributed by atoms with E-state index in [0.29, 0.717) is 28.6 Å². The number of carbonyl (C=O) groups excluding carboxylic acids is 6. The molecule has 3 aliphatic heterocycles. The molecule has 1 aromatic heterocycles. The van der Waals surface area contributed by atoms with Crippen LogP contribution in [0.15, 0.2) is 131 Å². The molecule has 3 atom stereocenters. The number of benzene rings is 4. The quantitative estimate of drug-likeness (QED) is 0.0409. The van der Waals surface area contributed by atoms with E-state index < -0.39 is 69.3 Å². The van der Waals surface area contributed by atoms with Gasteiger partial charge < -0.3 is 26.0 Å². The Morgan fingerprint density at radius 3 is 2.10 bits per heavy atom. The zero-order valence-electron chi connectivity index (χ0n) is 37.5. The smallest absolute Gasteiger partial charge is 0.356 e. The van der Waals surface area contributed by atoms with Gasteiger partial charge in [-0.25, -0.2) is 14.3 Å². The van der Waals surface area contributed by atoms with Gasteiger partial charge in [-0.2, -0.15) is 8.42 Å². The maximum atomic E-state index is 14.4. The Morgan fingerprint density at radius 1 is 0.899 bits per heavy atom. The highest BCUT2D eigenvalue weighted by Gasteiger charge is 2.55. The Labute approximate surface area is 405 Å². The lowest BCUT2D eigenvalue weighted by Crippen LogP contribution is -2.71. The number of hydrogen-bond donors (Lipinski definition) is 4. The first kappa shape index (κ1) is 50.0. The summed E-state index contributed by atoms with van der Waals surface area (Å²) in [6.07, 6.45) is -0.790. The predicted octanol–water partition coefficient (Wildman–Crippen LogP) is 3.13. The Hall–Kier alpha value is -6.92. The van der Waals surface area contributed by atoms with Crippen LogP contribution in [0.25, 0.3) is 0 Å². The van der Waals surface area contributed by atoms with Crippen LogP contribution in [0.3, 0.4) is 0 Å². The van der Waals surface area contributed by atoms with E-state index in [1.165, 1.54) is 50.1 Å². The van der Waals surface area contributed by atoms with Crippen LogP contribution < -0.4 is 16.4 Å². The number of fused-ring (bicyclic) bond motifs is 1. The number of imide groups is 1. The Balaban J connectivity index is 0.000000563. The number of carbonyl (C=O) groups is 6. The molecule has 6 amide bonds. The molecule has 0 aliphatic carbocycles. The third-order valence-electron chi connectivity index (χ3n) is 11.3. The number of nitrogens with zero attached hydrogens (tertiary/aromatic N) is 7. The van der Waals surface area contributed by atoms with Crippen molar-refractivity contribution >= 4 is 69.3 Å².